The molecule has 18 heavy (non-hydrogen) atoms. The van der Waals surface area contributed by atoms with Gasteiger partial charge in [-0.15, -0.1) is 11.8 Å². The van der Waals surface area contributed by atoms with E-state index >= 15 is 0 Å². The number of hydrogen-bond donors (Lipinski definition) is 1. The van der Waals surface area contributed by atoms with Gasteiger partial charge in [-0.25, -0.2) is 9.97 Å². The molecule has 5 heteroatoms. The summed E-state index contributed by atoms with van der Waals surface area (Å²) >= 11 is 3.98. The normalized spacial score (nSPS) is 20.8. The Morgan fingerprint density at radius 1 is 1.28 bits per heavy atom. The first kappa shape index (κ1) is 14.0. The molecule has 1 atom stereocenters. The minimum absolute atomic E-state index is 0.0652. The summed E-state index contributed by atoms with van der Waals surface area (Å²) in [7, 11) is 1.92. The molecule has 1 unspecified atom stereocenters. The van der Waals surface area contributed by atoms with Crippen LogP contribution in [0.15, 0.2) is 6.07 Å². The Bertz CT molecular complexity index is 409. The summed E-state index contributed by atoms with van der Waals surface area (Å²) in [6.07, 6.45) is 0. The van der Waals surface area contributed by atoms with Crippen LogP contribution in [-0.2, 0) is 5.41 Å². The second kappa shape index (κ2) is 5.70. The van der Waals surface area contributed by atoms with Crippen molar-refractivity contribution in [3.8, 4) is 0 Å². The molecule has 0 amide bonds. The number of rotatable bonds is 2. The van der Waals surface area contributed by atoms with Gasteiger partial charge in [0.1, 0.15) is 11.6 Å². The van der Waals surface area contributed by atoms with Crippen molar-refractivity contribution >= 4 is 29.3 Å². The number of hydrogen-bond acceptors (Lipinski definition) is 5. The van der Waals surface area contributed by atoms with Gasteiger partial charge >= 0.3 is 0 Å². The smallest absolute Gasteiger partial charge is 0.144 e. The Hall–Kier alpha value is -0.420. The van der Waals surface area contributed by atoms with Crippen LogP contribution in [0.3, 0.4) is 0 Å². The zero-order valence-electron chi connectivity index (χ0n) is 11.5. The van der Waals surface area contributed by atoms with Crippen molar-refractivity contribution in [1.29, 1.82) is 0 Å². The second-order valence-electron chi connectivity index (χ2n) is 5.43. The lowest BCUT2D eigenvalue weighted by Gasteiger charge is -2.23. The average molecular weight is 283 g/mol. The molecule has 1 aliphatic rings. The zero-order chi connectivity index (χ0) is 13.2. The predicted octanol–water partition coefficient (Wildman–Crippen LogP) is 3.34. The van der Waals surface area contributed by atoms with Gasteiger partial charge in [-0.3, -0.25) is 0 Å². The highest BCUT2D eigenvalue weighted by Gasteiger charge is 2.23. The summed E-state index contributed by atoms with van der Waals surface area (Å²) in [6.45, 7) is 6.59. The highest BCUT2D eigenvalue weighted by Crippen LogP contribution is 2.36. The van der Waals surface area contributed by atoms with Crippen molar-refractivity contribution in [2.45, 2.75) is 31.4 Å². The van der Waals surface area contributed by atoms with Gasteiger partial charge in [0.25, 0.3) is 0 Å². The molecule has 100 valence electrons. The van der Waals surface area contributed by atoms with Crippen molar-refractivity contribution in [2.75, 3.05) is 29.6 Å². The van der Waals surface area contributed by atoms with E-state index in [1.54, 1.807) is 0 Å². The van der Waals surface area contributed by atoms with Gasteiger partial charge < -0.3 is 5.32 Å². The van der Waals surface area contributed by atoms with E-state index in [2.05, 4.69) is 37.1 Å². The molecular weight excluding hydrogens is 262 g/mol. The second-order valence-corrected chi connectivity index (χ2v) is 7.89. The van der Waals surface area contributed by atoms with E-state index < -0.39 is 0 Å². The molecule has 1 aromatic rings. The Morgan fingerprint density at radius 2 is 2.06 bits per heavy atom. The molecule has 0 saturated carbocycles. The third-order valence-corrected chi connectivity index (χ3v) is 5.62. The molecule has 0 aromatic carbocycles. The van der Waals surface area contributed by atoms with Crippen LogP contribution < -0.4 is 5.32 Å². The fourth-order valence-corrected chi connectivity index (χ4v) is 4.36. The summed E-state index contributed by atoms with van der Waals surface area (Å²) in [4.78, 5) is 9.42. The minimum atomic E-state index is 0.0652. The van der Waals surface area contributed by atoms with E-state index in [4.69, 9.17) is 4.98 Å². The fraction of sp³-hybridized carbons (Fsp3) is 0.692. The topological polar surface area (TPSA) is 37.8 Å². The van der Waals surface area contributed by atoms with Gasteiger partial charge in [-0.2, -0.15) is 11.8 Å². The van der Waals surface area contributed by atoms with E-state index in [0.29, 0.717) is 5.25 Å². The summed E-state index contributed by atoms with van der Waals surface area (Å²) in [5, 5.41) is 3.59. The van der Waals surface area contributed by atoms with Crippen LogP contribution in [0.25, 0.3) is 0 Å². The van der Waals surface area contributed by atoms with Crippen molar-refractivity contribution in [3.05, 3.63) is 17.6 Å². The van der Waals surface area contributed by atoms with Crippen LogP contribution in [0.1, 0.15) is 37.5 Å². The lowest BCUT2D eigenvalue weighted by molar-refractivity contribution is 0.562. The Kier molecular flexibility index (Phi) is 4.43. The quantitative estimate of drug-likeness (QED) is 0.901. The van der Waals surface area contributed by atoms with Gasteiger partial charge in [-0.1, -0.05) is 20.8 Å². The molecule has 1 saturated heterocycles. The van der Waals surface area contributed by atoms with Crippen molar-refractivity contribution in [2.24, 2.45) is 0 Å². The van der Waals surface area contributed by atoms with Crippen LogP contribution in [0, 0.1) is 0 Å². The number of anilines is 1. The molecule has 0 aliphatic carbocycles. The van der Waals surface area contributed by atoms with Crippen LogP contribution in [-0.4, -0.2) is 34.3 Å². The van der Waals surface area contributed by atoms with E-state index in [-0.39, 0.29) is 5.41 Å². The first-order valence-corrected chi connectivity index (χ1v) is 8.47. The van der Waals surface area contributed by atoms with E-state index in [1.807, 2.05) is 30.6 Å². The van der Waals surface area contributed by atoms with Crippen LogP contribution >= 0.6 is 23.5 Å². The summed E-state index contributed by atoms with van der Waals surface area (Å²) < 4.78 is 0. The molecular formula is C13H21N3S2. The summed E-state index contributed by atoms with van der Waals surface area (Å²) in [5.41, 5.74) is 1.18. The van der Waals surface area contributed by atoms with E-state index in [9.17, 15) is 0 Å². The summed E-state index contributed by atoms with van der Waals surface area (Å²) in [6, 6.07) is 2.06. The Balaban J connectivity index is 2.34. The molecule has 0 bridgehead atoms. The molecule has 0 spiro atoms. The molecule has 1 aromatic heterocycles. The highest BCUT2D eigenvalue weighted by atomic mass is 32.2. The van der Waals surface area contributed by atoms with Crippen LogP contribution in [0.2, 0.25) is 0 Å². The van der Waals surface area contributed by atoms with Crippen LogP contribution in [0.4, 0.5) is 5.82 Å². The molecule has 2 rings (SSSR count). The highest BCUT2D eigenvalue weighted by molar-refractivity contribution is 8.06. The largest absolute Gasteiger partial charge is 0.373 e. The number of thioether (sulfide) groups is 2. The minimum Gasteiger partial charge on any atom is -0.373 e. The maximum atomic E-state index is 4.79. The number of nitrogens with zero attached hydrogens (tertiary/aromatic N) is 2. The maximum Gasteiger partial charge on any atom is 0.144 e. The Labute approximate surface area is 118 Å². The standard InChI is InChI=1S/C13H21N3S2/c1-13(2,3)10-7-11(14-4)16-12(15-10)9-8-17-5-6-18-9/h7,9H,5-6,8H2,1-4H3,(H,14,15,16). The first-order chi connectivity index (χ1) is 8.50. The van der Waals surface area contributed by atoms with Gasteiger partial charge in [0.2, 0.25) is 0 Å². The lowest BCUT2D eigenvalue weighted by Crippen LogP contribution is -2.18. The third kappa shape index (κ3) is 3.32. The lowest BCUT2D eigenvalue weighted by atomic mass is 9.92. The molecule has 1 fully saturated rings. The SMILES string of the molecule is CNc1cc(C(C)(C)C)nc(C2CSCCS2)n1. The molecule has 2 heterocycles. The third-order valence-electron chi connectivity index (χ3n) is 2.87. The average Bonchev–Trinajstić information content (AvgIpc) is 2.38. The molecule has 0 radical (unpaired) electrons. The van der Waals surface area contributed by atoms with Gasteiger partial charge in [0.15, 0.2) is 0 Å². The first-order valence-electron chi connectivity index (χ1n) is 6.27. The van der Waals surface area contributed by atoms with E-state index in [0.717, 1.165) is 23.1 Å². The van der Waals surface area contributed by atoms with Gasteiger partial charge in [0, 0.05) is 35.8 Å². The summed E-state index contributed by atoms with van der Waals surface area (Å²) in [5.74, 6) is 5.50. The monoisotopic (exact) mass is 283 g/mol. The number of aromatic nitrogens is 2. The zero-order valence-corrected chi connectivity index (χ0v) is 13.1. The fourth-order valence-electron chi connectivity index (χ4n) is 1.76. The van der Waals surface area contributed by atoms with Crippen molar-refractivity contribution < 1.29 is 0 Å². The molecule has 1 aliphatic heterocycles. The maximum absolute atomic E-state index is 4.79. The van der Waals surface area contributed by atoms with Gasteiger partial charge in [-0.05, 0) is 0 Å². The van der Waals surface area contributed by atoms with E-state index in [1.165, 1.54) is 11.5 Å². The number of nitrogens with one attached hydrogen (secondary N) is 1. The van der Waals surface area contributed by atoms with Gasteiger partial charge in [0.05, 0.1) is 10.9 Å². The molecule has 3 nitrogen and oxygen atoms in total. The predicted molar refractivity (Wildman–Crippen MR) is 82.8 cm³/mol. The Morgan fingerprint density at radius 3 is 2.61 bits per heavy atom. The van der Waals surface area contributed by atoms with Crippen molar-refractivity contribution in [3.63, 3.8) is 0 Å². The van der Waals surface area contributed by atoms with Crippen molar-refractivity contribution in [1.82, 2.24) is 9.97 Å². The van der Waals surface area contributed by atoms with Crippen LogP contribution in [0.5, 0.6) is 0 Å². The molecule has 1 N–H and O–H groups in total.